The van der Waals surface area contributed by atoms with Gasteiger partial charge in [0, 0.05) is 4.90 Å². The third kappa shape index (κ3) is 7.51. The molecule has 1 aromatic carbocycles. The van der Waals surface area contributed by atoms with Gasteiger partial charge in [0.05, 0.1) is 35.7 Å². The Kier molecular flexibility index (Phi) is 8.90. The van der Waals surface area contributed by atoms with Crippen molar-refractivity contribution in [1.82, 2.24) is 0 Å². The molecule has 0 unspecified atom stereocenters. The van der Waals surface area contributed by atoms with Crippen LogP contribution >= 0.6 is 0 Å². The van der Waals surface area contributed by atoms with Crippen molar-refractivity contribution in [1.29, 1.82) is 0 Å². The zero-order chi connectivity index (χ0) is 20.8. The SMILES string of the molecule is CCOC(=O)C[C@H](C)[C@@H](C[S@@](=O)c1ccc(C)cc1)O[Si](C)(C)C(C)(C)C. The Balaban J connectivity index is 3.00. The molecule has 3 atom stereocenters. The first kappa shape index (κ1) is 24.1. The van der Waals surface area contributed by atoms with Crippen LogP contribution in [-0.2, 0) is 24.8 Å². The van der Waals surface area contributed by atoms with Crippen LogP contribution in [0.2, 0.25) is 18.1 Å². The molecule has 0 saturated carbocycles. The molecule has 0 bridgehead atoms. The topological polar surface area (TPSA) is 52.6 Å². The van der Waals surface area contributed by atoms with Gasteiger partial charge in [-0.15, -0.1) is 0 Å². The van der Waals surface area contributed by atoms with E-state index in [2.05, 4.69) is 33.9 Å². The van der Waals surface area contributed by atoms with Gasteiger partial charge in [-0.3, -0.25) is 9.00 Å². The Hall–Kier alpha value is -0.983. The van der Waals surface area contributed by atoms with Gasteiger partial charge < -0.3 is 9.16 Å². The molecule has 6 heteroatoms. The van der Waals surface area contributed by atoms with Crippen LogP contribution in [0.4, 0.5) is 0 Å². The Bertz CT molecular complexity index is 635. The van der Waals surface area contributed by atoms with E-state index >= 15 is 0 Å². The Labute approximate surface area is 168 Å². The summed E-state index contributed by atoms with van der Waals surface area (Å²) < 4.78 is 24.6. The average Bonchev–Trinajstić information content (AvgIpc) is 2.53. The van der Waals surface area contributed by atoms with Gasteiger partial charge in [-0.1, -0.05) is 45.4 Å². The highest BCUT2D eigenvalue weighted by Gasteiger charge is 2.40. The van der Waals surface area contributed by atoms with Crippen molar-refractivity contribution < 1.29 is 18.2 Å². The molecule has 1 rings (SSSR count). The molecule has 0 saturated heterocycles. The number of esters is 1. The summed E-state index contributed by atoms with van der Waals surface area (Å²) in [5, 5.41) is 0.0419. The van der Waals surface area contributed by atoms with Crippen LogP contribution in [0.3, 0.4) is 0 Å². The second-order valence-corrected chi connectivity index (χ2v) is 15.0. The van der Waals surface area contributed by atoms with E-state index in [-0.39, 0.29) is 29.5 Å². The van der Waals surface area contributed by atoms with Crippen molar-refractivity contribution in [3.8, 4) is 0 Å². The lowest BCUT2D eigenvalue weighted by atomic mass is 10.0. The monoisotopic (exact) mass is 412 g/mol. The van der Waals surface area contributed by atoms with Gasteiger partial charge in [0.1, 0.15) is 0 Å². The summed E-state index contributed by atoms with van der Waals surface area (Å²) in [6.07, 6.45) is 0.0236. The first-order valence-electron chi connectivity index (χ1n) is 9.66. The lowest BCUT2D eigenvalue weighted by Crippen LogP contribution is -2.47. The Morgan fingerprint density at radius 1 is 1.19 bits per heavy atom. The summed E-state index contributed by atoms with van der Waals surface area (Å²) in [6, 6.07) is 7.76. The van der Waals surface area contributed by atoms with Crippen LogP contribution in [0, 0.1) is 12.8 Å². The smallest absolute Gasteiger partial charge is 0.306 e. The molecule has 0 amide bonds. The summed E-state index contributed by atoms with van der Waals surface area (Å²) in [5.41, 5.74) is 1.14. The van der Waals surface area contributed by atoms with E-state index in [1.54, 1.807) is 6.92 Å². The largest absolute Gasteiger partial charge is 0.466 e. The molecule has 0 heterocycles. The van der Waals surface area contributed by atoms with Crippen molar-refractivity contribution in [2.45, 2.75) is 77.1 Å². The van der Waals surface area contributed by atoms with E-state index in [0.29, 0.717) is 12.4 Å². The molecule has 4 nitrogen and oxygen atoms in total. The van der Waals surface area contributed by atoms with Crippen LogP contribution in [0.1, 0.15) is 46.6 Å². The zero-order valence-corrected chi connectivity index (χ0v) is 19.9. The molecule has 1 aromatic rings. The third-order valence-electron chi connectivity index (χ3n) is 5.28. The molecule has 0 N–H and O–H groups in total. The summed E-state index contributed by atoms with van der Waals surface area (Å²) in [5.74, 6) is 0.0957. The lowest BCUT2D eigenvalue weighted by molar-refractivity contribution is -0.144. The van der Waals surface area contributed by atoms with Crippen molar-refractivity contribution >= 4 is 25.1 Å². The highest BCUT2D eigenvalue weighted by Crippen LogP contribution is 2.38. The number of ether oxygens (including phenoxy) is 1. The number of carbonyl (C=O) groups is 1. The van der Waals surface area contributed by atoms with Crippen molar-refractivity contribution in [2.24, 2.45) is 5.92 Å². The highest BCUT2D eigenvalue weighted by atomic mass is 32.2. The highest BCUT2D eigenvalue weighted by molar-refractivity contribution is 7.85. The van der Waals surface area contributed by atoms with E-state index in [9.17, 15) is 9.00 Å². The molecular formula is C21H36O4SSi. The maximum atomic E-state index is 12.9. The summed E-state index contributed by atoms with van der Waals surface area (Å²) >= 11 is 0. The van der Waals surface area contributed by atoms with Crippen LogP contribution in [0.15, 0.2) is 29.2 Å². The van der Waals surface area contributed by atoms with Crippen LogP contribution in [-0.4, -0.2) is 37.0 Å². The fourth-order valence-corrected chi connectivity index (χ4v) is 5.29. The molecule has 27 heavy (non-hydrogen) atoms. The van der Waals surface area contributed by atoms with Gasteiger partial charge in [0.25, 0.3) is 0 Å². The fraction of sp³-hybridized carbons (Fsp3) is 0.667. The quantitative estimate of drug-likeness (QED) is 0.419. The average molecular weight is 413 g/mol. The third-order valence-corrected chi connectivity index (χ3v) is 11.2. The molecule has 0 aliphatic heterocycles. The van der Waals surface area contributed by atoms with Gasteiger partial charge in [-0.2, -0.15) is 0 Å². The van der Waals surface area contributed by atoms with E-state index in [0.717, 1.165) is 10.5 Å². The normalized spacial score (nSPS) is 15.9. The maximum absolute atomic E-state index is 12.9. The second kappa shape index (κ2) is 9.98. The van der Waals surface area contributed by atoms with Crippen molar-refractivity contribution in [3.05, 3.63) is 29.8 Å². The van der Waals surface area contributed by atoms with Gasteiger partial charge in [-0.25, -0.2) is 0 Å². The number of hydrogen-bond acceptors (Lipinski definition) is 4. The number of benzene rings is 1. The molecule has 0 spiro atoms. The molecule has 0 aliphatic rings. The van der Waals surface area contributed by atoms with Gasteiger partial charge in [0.15, 0.2) is 8.32 Å². The van der Waals surface area contributed by atoms with Gasteiger partial charge >= 0.3 is 5.97 Å². The van der Waals surface area contributed by atoms with E-state index in [4.69, 9.17) is 9.16 Å². The molecule has 0 aromatic heterocycles. The predicted octanol–water partition coefficient (Wildman–Crippen LogP) is 5.08. The first-order valence-corrected chi connectivity index (χ1v) is 13.9. The fourth-order valence-electron chi connectivity index (χ4n) is 2.42. The van der Waals surface area contributed by atoms with Crippen LogP contribution < -0.4 is 0 Å². The van der Waals surface area contributed by atoms with Crippen LogP contribution in [0.5, 0.6) is 0 Å². The molecule has 0 fully saturated rings. The van der Waals surface area contributed by atoms with E-state index in [1.165, 1.54) is 0 Å². The zero-order valence-electron chi connectivity index (χ0n) is 18.1. The molecule has 0 radical (unpaired) electrons. The minimum Gasteiger partial charge on any atom is -0.466 e. The maximum Gasteiger partial charge on any atom is 0.306 e. The van der Waals surface area contributed by atoms with Crippen LogP contribution in [0.25, 0.3) is 0 Å². The summed E-state index contributed by atoms with van der Waals surface area (Å²) in [7, 11) is -3.24. The summed E-state index contributed by atoms with van der Waals surface area (Å²) in [6.45, 7) is 17.1. The second-order valence-electron chi connectivity index (χ2n) is 8.73. The van der Waals surface area contributed by atoms with Gasteiger partial charge in [-0.05, 0) is 50.0 Å². The number of carbonyl (C=O) groups excluding carboxylic acids is 1. The minimum absolute atomic E-state index is 0.0419. The first-order chi connectivity index (χ1) is 12.4. The van der Waals surface area contributed by atoms with E-state index in [1.807, 2.05) is 38.1 Å². The molecular weight excluding hydrogens is 376 g/mol. The standard InChI is InChI=1S/C21H36O4SSi/c1-9-24-20(22)14-17(3)19(25-27(7,8)21(4,5)6)15-26(23)18-12-10-16(2)11-13-18/h10-13,17,19H,9,14-15H2,1-8H3/t17-,19+,26+/m0/s1. The number of aryl methyl sites for hydroxylation is 1. The van der Waals surface area contributed by atoms with Crippen molar-refractivity contribution in [3.63, 3.8) is 0 Å². The number of hydrogen-bond donors (Lipinski definition) is 0. The molecule has 0 aliphatic carbocycles. The lowest BCUT2D eigenvalue weighted by Gasteiger charge is -2.40. The Morgan fingerprint density at radius 2 is 1.74 bits per heavy atom. The van der Waals surface area contributed by atoms with E-state index < -0.39 is 19.1 Å². The van der Waals surface area contributed by atoms with Gasteiger partial charge in [0.2, 0.25) is 0 Å². The predicted molar refractivity (Wildman–Crippen MR) is 115 cm³/mol. The number of rotatable bonds is 9. The van der Waals surface area contributed by atoms with Crippen molar-refractivity contribution in [2.75, 3.05) is 12.4 Å². The minimum atomic E-state index is -2.06. The summed E-state index contributed by atoms with van der Waals surface area (Å²) in [4.78, 5) is 12.8. The molecule has 154 valence electrons. The Morgan fingerprint density at radius 3 is 2.22 bits per heavy atom.